The smallest absolute Gasteiger partial charge is 0.211 e. The van der Waals surface area contributed by atoms with Crippen molar-refractivity contribution < 1.29 is 4.79 Å². The summed E-state index contributed by atoms with van der Waals surface area (Å²) in [7, 11) is 0. The molecule has 0 N–H and O–H groups in total. The summed E-state index contributed by atoms with van der Waals surface area (Å²) in [6.45, 7) is 3.93. The normalized spacial score (nSPS) is 9.46. The summed E-state index contributed by atoms with van der Waals surface area (Å²) in [5.74, 6) is 0. The Balaban J connectivity index is 3.30. The molecule has 0 unspecified atom stereocenters. The standard InChI is InChI=1S/C10H10ClNO/c1-3-8-4-7(2)10(12-6-13)9(11)5-8/h4-5H,3H2,1-2H3. The lowest BCUT2D eigenvalue weighted by atomic mass is 10.1. The fourth-order valence-electron chi connectivity index (χ4n) is 1.20. The molecule has 0 radical (unpaired) electrons. The zero-order valence-electron chi connectivity index (χ0n) is 7.60. The van der Waals surface area contributed by atoms with E-state index in [1.54, 1.807) is 0 Å². The lowest BCUT2D eigenvalue weighted by Crippen LogP contribution is -1.83. The molecule has 1 aromatic rings. The van der Waals surface area contributed by atoms with Crippen LogP contribution in [0.1, 0.15) is 18.1 Å². The number of hydrogen-bond acceptors (Lipinski definition) is 2. The molecule has 1 aromatic carbocycles. The van der Waals surface area contributed by atoms with Gasteiger partial charge in [-0.3, -0.25) is 0 Å². The van der Waals surface area contributed by atoms with Gasteiger partial charge in [0.25, 0.3) is 0 Å². The van der Waals surface area contributed by atoms with Crippen LogP contribution in [0.3, 0.4) is 0 Å². The zero-order valence-corrected chi connectivity index (χ0v) is 8.35. The van der Waals surface area contributed by atoms with Crippen molar-refractivity contribution in [1.29, 1.82) is 0 Å². The molecule has 0 saturated carbocycles. The van der Waals surface area contributed by atoms with Crippen molar-refractivity contribution in [3.05, 3.63) is 28.3 Å². The Bertz CT molecular complexity index is 344. The maximum atomic E-state index is 10.1. The minimum atomic E-state index is 0.514. The van der Waals surface area contributed by atoms with Crippen LogP contribution in [-0.2, 0) is 11.2 Å². The van der Waals surface area contributed by atoms with E-state index in [-0.39, 0.29) is 0 Å². The molecule has 0 aliphatic heterocycles. The molecule has 0 aromatic heterocycles. The molecule has 0 heterocycles. The minimum absolute atomic E-state index is 0.514. The van der Waals surface area contributed by atoms with E-state index in [0.717, 1.165) is 17.5 Å². The van der Waals surface area contributed by atoms with Crippen LogP contribution >= 0.6 is 11.6 Å². The Hall–Kier alpha value is -1.11. The van der Waals surface area contributed by atoms with Gasteiger partial charge in [-0.05, 0) is 30.5 Å². The molecule has 0 atom stereocenters. The summed E-state index contributed by atoms with van der Waals surface area (Å²) in [6, 6.07) is 3.80. The van der Waals surface area contributed by atoms with Gasteiger partial charge < -0.3 is 0 Å². The van der Waals surface area contributed by atoms with E-state index in [1.165, 1.54) is 6.08 Å². The van der Waals surface area contributed by atoms with Crippen LogP contribution in [0.2, 0.25) is 5.02 Å². The van der Waals surface area contributed by atoms with Crippen molar-refractivity contribution >= 4 is 23.4 Å². The third-order valence-electron chi connectivity index (χ3n) is 1.88. The lowest BCUT2D eigenvalue weighted by molar-refractivity contribution is 0.565. The quantitative estimate of drug-likeness (QED) is 0.527. The molecule has 0 fully saturated rings. The SMILES string of the molecule is CCc1cc(C)c(N=C=O)c(Cl)c1. The van der Waals surface area contributed by atoms with Gasteiger partial charge in [-0.25, -0.2) is 4.79 Å². The highest BCUT2D eigenvalue weighted by Gasteiger charge is 2.04. The minimum Gasteiger partial charge on any atom is -0.211 e. The number of isocyanates is 1. The Morgan fingerprint density at radius 2 is 2.23 bits per heavy atom. The maximum absolute atomic E-state index is 10.1. The Morgan fingerprint density at radius 1 is 1.54 bits per heavy atom. The fourth-order valence-corrected chi connectivity index (χ4v) is 1.53. The number of benzene rings is 1. The molecule has 0 saturated heterocycles. The van der Waals surface area contributed by atoms with E-state index in [2.05, 4.69) is 4.99 Å². The average molecular weight is 196 g/mol. The predicted molar refractivity (Wildman–Crippen MR) is 53.3 cm³/mol. The number of aliphatic imine (C=N–C) groups is 1. The topological polar surface area (TPSA) is 29.4 Å². The largest absolute Gasteiger partial charge is 0.240 e. The summed E-state index contributed by atoms with van der Waals surface area (Å²) in [6.07, 6.45) is 2.42. The second-order valence-corrected chi connectivity index (χ2v) is 3.21. The molecule has 0 bridgehead atoms. The van der Waals surface area contributed by atoms with Gasteiger partial charge in [0.2, 0.25) is 6.08 Å². The first-order chi connectivity index (χ1) is 6.19. The van der Waals surface area contributed by atoms with Gasteiger partial charge in [0.1, 0.15) is 0 Å². The number of aryl methyl sites for hydroxylation is 2. The van der Waals surface area contributed by atoms with Crippen LogP contribution in [0.5, 0.6) is 0 Å². The van der Waals surface area contributed by atoms with Crippen molar-refractivity contribution in [1.82, 2.24) is 0 Å². The van der Waals surface area contributed by atoms with E-state index >= 15 is 0 Å². The molecule has 0 aliphatic rings. The van der Waals surface area contributed by atoms with Gasteiger partial charge in [-0.1, -0.05) is 24.6 Å². The molecule has 0 amide bonds. The third-order valence-corrected chi connectivity index (χ3v) is 2.17. The summed E-state index contributed by atoms with van der Waals surface area (Å²) >= 11 is 5.92. The van der Waals surface area contributed by atoms with Crippen LogP contribution in [0.25, 0.3) is 0 Å². The molecule has 2 nitrogen and oxygen atoms in total. The molecular formula is C10H10ClNO. The third kappa shape index (κ3) is 2.18. The van der Waals surface area contributed by atoms with E-state index in [1.807, 2.05) is 26.0 Å². The van der Waals surface area contributed by atoms with Gasteiger partial charge in [0.15, 0.2) is 0 Å². The highest BCUT2D eigenvalue weighted by atomic mass is 35.5. The monoisotopic (exact) mass is 195 g/mol. The van der Waals surface area contributed by atoms with E-state index in [9.17, 15) is 4.79 Å². The Morgan fingerprint density at radius 3 is 2.69 bits per heavy atom. The van der Waals surface area contributed by atoms with Crippen LogP contribution in [-0.4, -0.2) is 6.08 Å². The number of rotatable bonds is 2. The number of nitrogens with zero attached hydrogens (tertiary/aromatic N) is 1. The van der Waals surface area contributed by atoms with Crippen molar-refractivity contribution in [2.45, 2.75) is 20.3 Å². The number of halogens is 1. The first kappa shape index (κ1) is 9.97. The summed E-state index contributed by atoms with van der Waals surface area (Å²) in [5, 5.41) is 0.514. The Labute approximate surface area is 82.3 Å². The van der Waals surface area contributed by atoms with Crippen molar-refractivity contribution in [2.75, 3.05) is 0 Å². The second kappa shape index (κ2) is 4.22. The van der Waals surface area contributed by atoms with Crippen LogP contribution in [0.4, 0.5) is 5.69 Å². The highest BCUT2D eigenvalue weighted by molar-refractivity contribution is 6.33. The van der Waals surface area contributed by atoms with Crippen molar-refractivity contribution in [3.63, 3.8) is 0 Å². The average Bonchev–Trinajstić information content (AvgIpc) is 2.11. The second-order valence-electron chi connectivity index (χ2n) is 2.80. The first-order valence-corrected chi connectivity index (χ1v) is 4.43. The van der Waals surface area contributed by atoms with Gasteiger partial charge in [-0.2, -0.15) is 4.99 Å². The van der Waals surface area contributed by atoms with Crippen LogP contribution in [0.15, 0.2) is 17.1 Å². The molecule has 68 valence electrons. The van der Waals surface area contributed by atoms with Gasteiger partial charge in [0.05, 0.1) is 10.7 Å². The van der Waals surface area contributed by atoms with Crippen LogP contribution in [0, 0.1) is 6.92 Å². The maximum Gasteiger partial charge on any atom is 0.240 e. The van der Waals surface area contributed by atoms with E-state index < -0.39 is 0 Å². The number of hydrogen-bond donors (Lipinski definition) is 0. The predicted octanol–water partition coefficient (Wildman–Crippen LogP) is 3.18. The van der Waals surface area contributed by atoms with Gasteiger partial charge in [-0.15, -0.1) is 0 Å². The summed E-state index contributed by atoms with van der Waals surface area (Å²) in [5.41, 5.74) is 2.58. The fraction of sp³-hybridized carbons (Fsp3) is 0.300. The molecule has 13 heavy (non-hydrogen) atoms. The molecule has 1 rings (SSSR count). The number of carbonyl (C=O) groups excluding carboxylic acids is 1. The van der Waals surface area contributed by atoms with Crippen LogP contribution < -0.4 is 0 Å². The first-order valence-electron chi connectivity index (χ1n) is 4.06. The molecule has 0 aliphatic carbocycles. The summed E-state index contributed by atoms with van der Waals surface area (Å²) in [4.78, 5) is 13.6. The van der Waals surface area contributed by atoms with Gasteiger partial charge >= 0.3 is 0 Å². The Kier molecular flexibility index (Phi) is 3.24. The summed E-state index contributed by atoms with van der Waals surface area (Å²) < 4.78 is 0. The zero-order chi connectivity index (χ0) is 9.84. The lowest BCUT2D eigenvalue weighted by Gasteiger charge is -2.04. The van der Waals surface area contributed by atoms with Gasteiger partial charge in [0, 0.05) is 0 Å². The van der Waals surface area contributed by atoms with E-state index in [4.69, 9.17) is 11.6 Å². The van der Waals surface area contributed by atoms with E-state index in [0.29, 0.717) is 10.7 Å². The highest BCUT2D eigenvalue weighted by Crippen LogP contribution is 2.29. The molecule has 0 spiro atoms. The molecular weight excluding hydrogens is 186 g/mol. The van der Waals surface area contributed by atoms with Crippen molar-refractivity contribution in [3.8, 4) is 0 Å². The van der Waals surface area contributed by atoms with Crippen molar-refractivity contribution in [2.24, 2.45) is 4.99 Å². The molecule has 3 heteroatoms.